The third kappa shape index (κ3) is 4.01. The summed E-state index contributed by atoms with van der Waals surface area (Å²) in [5.41, 5.74) is 0.841. The van der Waals surface area contributed by atoms with Gasteiger partial charge < -0.3 is 14.8 Å². The number of aromatic amines is 1. The summed E-state index contributed by atoms with van der Waals surface area (Å²) >= 11 is 0. The number of aromatic nitrogens is 2. The molecule has 1 aromatic heterocycles. The molecule has 0 bridgehead atoms. The average molecular weight is 275 g/mol. The molecular weight excluding hydrogens is 258 g/mol. The minimum Gasteiger partial charge on any atom is -0.490 e. The number of ether oxygens (including phenoxy) is 2. The molecule has 0 fully saturated rings. The van der Waals surface area contributed by atoms with E-state index in [0.717, 1.165) is 5.69 Å². The highest BCUT2D eigenvalue weighted by atomic mass is 16.5. The molecule has 0 unspecified atom stereocenters. The minimum atomic E-state index is -0.203. The lowest BCUT2D eigenvalue weighted by Gasteiger charge is -2.11. The maximum Gasteiger partial charge on any atom is 0.258 e. The van der Waals surface area contributed by atoms with E-state index in [1.807, 2.05) is 19.1 Å². The van der Waals surface area contributed by atoms with Gasteiger partial charge in [-0.25, -0.2) is 0 Å². The van der Waals surface area contributed by atoms with Crippen LogP contribution in [-0.4, -0.2) is 29.3 Å². The number of rotatable bonds is 7. The molecule has 106 valence electrons. The molecule has 20 heavy (non-hydrogen) atoms. The van der Waals surface area contributed by atoms with Crippen molar-refractivity contribution in [1.29, 1.82) is 0 Å². The summed E-state index contributed by atoms with van der Waals surface area (Å²) in [5.74, 6) is 0.994. The van der Waals surface area contributed by atoms with Crippen molar-refractivity contribution in [1.82, 2.24) is 15.5 Å². The first kappa shape index (κ1) is 13.9. The topological polar surface area (TPSA) is 76.2 Å². The van der Waals surface area contributed by atoms with Crippen LogP contribution in [0.5, 0.6) is 11.5 Å². The standard InChI is InChI=1S/C14H17N3O3/c1-2-19-12-5-3-4-6-13(12)20-10-14(18)15-9-11-7-8-16-17-11/h3-8H,2,9-10H2,1H3,(H,15,18)(H,16,17). The lowest BCUT2D eigenvalue weighted by Crippen LogP contribution is -2.28. The number of nitrogens with zero attached hydrogens (tertiary/aromatic N) is 1. The Balaban J connectivity index is 1.81. The van der Waals surface area contributed by atoms with Crippen LogP contribution >= 0.6 is 0 Å². The van der Waals surface area contributed by atoms with Crippen LogP contribution in [0.1, 0.15) is 12.6 Å². The van der Waals surface area contributed by atoms with Gasteiger partial charge in [-0.05, 0) is 25.1 Å². The SMILES string of the molecule is CCOc1ccccc1OCC(=O)NCc1ccn[nH]1. The molecule has 0 radical (unpaired) electrons. The molecule has 2 aromatic rings. The Hall–Kier alpha value is -2.50. The van der Waals surface area contributed by atoms with Gasteiger partial charge in [-0.2, -0.15) is 5.10 Å². The summed E-state index contributed by atoms with van der Waals surface area (Å²) in [6.45, 7) is 2.79. The first-order valence-corrected chi connectivity index (χ1v) is 6.39. The largest absolute Gasteiger partial charge is 0.490 e. The summed E-state index contributed by atoms with van der Waals surface area (Å²) in [5, 5.41) is 9.30. The van der Waals surface area contributed by atoms with Crippen molar-refractivity contribution in [3.05, 3.63) is 42.2 Å². The second kappa shape index (κ2) is 7.18. The molecule has 2 N–H and O–H groups in total. The smallest absolute Gasteiger partial charge is 0.258 e. The summed E-state index contributed by atoms with van der Waals surface area (Å²) in [6.07, 6.45) is 1.64. The van der Waals surface area contributed by atoms with Gasteiger partial charge in [0.25, 0.3) is 5.91 Å². The van der Waals surface area contributed by atoms with Gasteiger partial charge >= 0.3 is 0 Å². The summed E-state index contributed by atoms with van der Waals surface area (Å²) in [7, 11) is 0. The third-order valence-corrected chi connectivity index (χ3v) is 2.54. The fraction of sp³-hybridized carbons (Fsp3) is 0.286. The van der Waals surface area contributed by atoms with Gasteiger partial charge in [0.15, 0.2) is 18.1 Å². The average Bonchev–Trinajstić information content (AvgIpc) is 2.98. The lowest BCUT2D eigenvalue weighted by molar-refractivity contribution is -0.123. The molecule has 1 amide bonds. The molecule has 0 saturated carbocycles. The quantitative estimate of drug-likeness (QED) is 0.803. The van der Waals surface area contributed by atoms with Crippen molar-refractivity contribution in [3.8, 4) is 11.5 Å². The van der Waals surface area contributed by atoms with Gasteiger partial charge in [0.2, 0.25) is 0 Å². The molecule has 0 aliphatic heterocycles. The monoisotopic (exact) mass is 275 g/mol. The highest BCUT2D eigenvalue weighted by Gasteiger charge is 2.07. The maximum atomic E-state index is 11.7. The van der Waals surface area contributed by atoms with Crippen LogP contribution < -0.4 is 14.8 Å². The van der Waals surface area contributed by atoms with E-state index in [-0.39, 0.29) is 12.5 Å². The number of hydrogen-bond acceptors (Lipinski definition) is 4. The van der Waals surface area contributed by atoms with Crippen molar-refractivity contribution in [3.63, 3.8) is 0 Å². The zero-order valence-corrected chi connectivity index (χ0v) is 11.3. The summed E-state index contributed by atoms with van der Waals surface area (Å²) in [4.78, 5) is 11.7. The van der Waals surface area contributed by atoms with E-state index in [1.54, 1.807) is 24.4 Å². The van der Waals surface area contributed by atoms with Crippen molar-refractivity contribution in [2.45, 2.75) is 13.5 Å². The van der Waals surface area contributed by atoms with Gasteiger partial charge in [0, 0.05) is 6.20 Å². The first-order valence-electron chi connectivity index (χ1n) is 6.39. The Labute approximate surface area is 117 Å². The van der Waals surface area contributed by atoms with E-state index in [1.165, 1.54) is 0 Å². The first-order chi connectivity index (χ1) is 9.79. The van der Waals surface area contributed by atoms with Crippen LogP contribution in [0.3, 0.4) is 0 Å². The molecule has 0 spiro atoms. The Morgan fingerprint density at radius 3 is 2.65 bits per heavy atom. The normalized spacial score (nSPS) is 10.1. The van der Waals surface area contributed by atoms with Crippen LogP contribution in [0.2, 0.25) is 0 Å². The van der Waals surface area contributed by atoms with E-state index >= 15 is 0 Å². The number of nitrogens with one attached hydrogen (secondary N) is 2. The molecule has 0 atom stereocenters. The predicted octanol–water partition coefficient (Wildman–Crippen LogP) is 1.50. The molecule has 0 saturated heterocycles. The van der Waals surface area contributed by atoms with Crippen LogP contribution in [0, 0.1) is 0 Å². The maximum absolute atomic E-state index is 11.7. The van der Waals surface area contributed by atoms with Crippen molar-refractivity contribution in [2.75, 3.05) is 13.2 Å². The molecular formula is C14H17N3O3. The number of benzene rings is 1. The molecule has 0 aliphatic carbocycles. The Bertz CT molecular complexity index is 540. The zero-order chi connectivity index (χ0) is 14.2. The van der Waals surface area contributed by atoms with E-state index in [4.69, 9.17) is 9.47 Å². The number of para-hydroxylation sites is 2. The van der Waals surface area contributed by atoms with E-state index in [0.29, 0.717) is 24.7 Å². The van der Waals surface area contributed by atoms with Crippen LogP contribution in [0.4, 0.5) is 0 Å². The van der Waals surface area contributed by atoms with Crippen LogP contribution in [0.25, 0.3) is 0 Å². The minimum absolute atomic E-state index is 0.0573. The molecule has 2 rings (SSSR count). The Morgan fingerprint density at radius 2 is 2.00 bits per heavy atom. The summed E-state index contributed by atoms with van der Waals surface area (Å²) < 4.78 is 10.9. The molecule has 1 aromatic carbocycles. The molecule has 6 heteroatoms. The van der Waals surface area contributed by atoms with Gasteiger partial charge in [-0.15, -0.1) is 0 Å². The molecule has 0 aliphatic rings. The number of carbonyl (C=O) groups is 1. The second-order valence-electron chi connectivity index (χ2n) is 4.03. The van der Waals surface area contributed by atoms with E-state index < -0.39 is 0 Å². The number of amides is 1. The van der Waals surface area contributed by atoms with Crippen LogP contribution in [0.15, 0.2) is 36.5 Å². The number of H-pyrrole nitrogens is 1. The molecule has 1 heterocycles. The van der Waals surface area contributed by atoms with E-state index in [2.05, 4.69) is 15.5 Å². The lowest BCUT2D eigenvalue weighted by atomic mass is 10.3. The predicted molar refractivity (Wildman–Crippen MR) is 73.5 cm³/mol. The number of hydrogen-bond donors (Lipinski definition) is 2. The zero-order valence-electron chi connectivity index (χ0n) is 11.3. The van der Waals surface area contributed by atoms with Crippen molar-refractivity contribution < 1.29 is 14.3 Å². The van der Waals surface area contributed by atoms with Crippen molar-refractivity contribution in [2.24, 2.45) is 0 Å². The van der Waals surface area contributed by atoms with Crippen molar-refractivity contribution >= 4 is 5.91 Å². The Morgan fingerprint density at radius 1 is 1.25 bits per heavy atom. The fourth-order valence-electron chi connectivity index (χ4n) is 1.62. The van der Waals surface area contributed by atoms with E-state index in [9.17, 15) is 4.79 Å². The fourth-order valence-corrected chi connectivity index (χ4v) is 1.62. The van der Waals surface area contributed by atoms with Gasteiger partial charge in [0.05, 0.1) is 18.8 Å². The van der Waals surface area contributed by atoms with Gasteiger partial charge in [-0.1, -0.05) is 12.1 Å². The highest BCUT2D eigenvalue weighted by Crippen LogP contribution is 2.26. The van der Waals surface area contributed by atoms with Gasteiger partial charge in [0.1, 0.15) is 0 Å². The summed E-state index contributed by atoms with van der Waals surface area (Å²) in [6, 6.07) is 9.07. The highest BCUT2D eigenvalue weighted by molar-refractivity contribution is 5.77. The Kier molecular flexibility index (Phi) is 5.00. The third-order valence-electron chi connectivity index (χ3n) is 2.54. The van der Waals surface area contributed by atoms with Gasteiger partial charge in [-0.3, -0.25) is 9.89 Å². The second-order valence-corrected chi connectivity index (χ2v) is 4.03. The number of carbonyl (C=O) groups excluding carboxylic acids is 1. The van der Waals surface area contributed by atoms with Crippen LogP contribution in [-0.2, 0) is 11.3 Å². The molecule has 6 nitrogen and oxygen atoms in total.